The zero-order chi connectivity index (χ0) is 19.8. The van der Waals surface area contributed by atoms with Crippen molar-refractivity contribution in [3.8, 4) is 5.75 Å². The number of nitrogens with zero attached hydrogens (tertiary/aromatic N) is 1. The van der Waals surface area contributed by atoms with Crippen LogP contribution in [0.1, 0.15) is 26.3 Å². The lowest BCUT2D eigenvalue weighted by molar-refractivity contribution is -0.121. The van der Waals surface area contributed by atoms with E-state index in [1.165, 1.54) is 17.7 Å². The molecule has 2 rings (SSSR count). The second-order valence-corrected chi connectivity index (χ2v) is 6.90. The van der Waals surface area contributed by atoms with Crippen molar-refractivity contribution in [2.24, 2.45) is 11.7 Å². The summed E-state index contributed by atoms with van der Waals surface area (Å²) < 4.78 is 18.7. The highest BCUT2D eigenvalue weighted by atomic mass is 19.1. The molecule has 0 saturated heterocycles. The van der Waals surface area contributed by atoms with Crippen LogP contribution in [0.3, 0.4) is 0 Å². The molecule has 1 amide bonds. The average Bonchev–Trinajstić information content (AvgIpc) is 2.64. The molecule has 2 aromatic carbocycles. The molecule has 5 heteroatoms. The average molecular weight is 370 g/mol. The van der Waals surface area contributed by atoms with Crippen LogP contribution in [0.5, 0.6) is 5.75 Å². The fourth-order valence-electron chi connectivity index (χ4n) is 2.50. The summed E-state index contributed by atoms with van der Waals surface area (Å²) in [7, 11) is 0. The Morgan fingerprint density at radius 2 is 1.78 bits per heavy atom. The smallest absolute Gasteiger partial charge is 0.222 e. The Labute approximate surface area is 160 Å². The maximum Gasteiger partial charge on any atom is 0.222 e. The van der Waals surface area contributed by atoms with E-state index in [-0.39, 0.29) is 17.6 Å². The predicted octanol–water partition coefficient (Wildman–Crippen LogP) is 4.30. The Morgan fingerprint density at radius 3 is 2.33 bits per heavy atom. The van der Waals surface area contributed by atoms with Gasteiger partial charge >= 0.3 is 0 Å². The fourth-order valence-corrected chi connectivity index (χ4v) is 2.50. The number of ether oxygens (including phenoxy) is 1. The van der Waals surface area contributed by atoms with Crippen molar-refractivity contribution >= 4 is 11.6 Å². The third kappa shape index (κ3) is 6.77. The highest BCUT2D eigenvalue weighted by Gasteiger charge is 2.14. The molecule has 0 aliphatic rings. The minimum absolute atomic E-state index is 0.245. The number of hydrogen-bond donors (Lipinski definition) is 1. The Bertz CT molecular complexity index is 766. The summed E-state index contributed by atoms with van der Waals surface area (Å²) in [5.41, 5.74) is 8.53. The van der Waals surface area contributed by atoms with Gasteiger partial charge in [0, 0.05) is 18.8 Å². The van der Waals surface area contributed by atoms with Crippen LogP contribution in [0.4, 0.5) is 10.1 Å². The van der Waals surface area contributed by atoms with Gasteiger partial charge in [0.2, 0.25) is 5.91 Å². The van der Waals surface area contributed by atoms with Gasteiger partial charge in [0.15, 0.2) is 0 Å². The van der Waals surface area contributed by atoms with Gasteiger partial charge in [-0.1, -0.05) is 30.7 Å². The highest BCUT2D eigenvalue weighted by Crippen LogP contribution is 2.21. The monoisotopic (exact) mass is 370 g/mol. The van der Waals surface area contributed by atoms with Gasteiger partial charge in [-0.2, -0.15) is 0 Å². The molecule has 144 valence electrons. The van der Waals surface area contributed by atoms with Crippen molar-refractivity contribution in [1.29, 1.82) is 0 Å². The van der Waals surface area contributed by atoms with Crippen LogP contribution in [-0.4, -0.2) is 19.0 Å². The Morgan fingerprint density at radius 1 is 1.15 bits per heavy atom. The van der Waals surface area contributed by atoms with Crippen molar-refractivity contribution < 1.29 is 13.9 Å². The van der Waals surface area contributed by atoms with E-state index in [2.05, 4.69) is 11.0 Å². The summed E-state index contributed by atoms with van der Waals surface area (Å²) in [6.07, 6.45) is 2.12. The molecule has 0 saturated carbocycles. The molecule has 1 atom stereocenters. The lowest BCUT2D eigenvalue weighted by atomic mass is 10.1. The molecule has 0 bridgehead atoms. The molecule has 0 aliphatic carbocycles. The van der Waals surface area contributed by atoms with E-state index in [9.17, 15) is 9.18 Å². The maximum atomic E-state index is 12.9. The number of halogens is 1. The molecule has 0 radical (unpaired) electrons. The number of rotatable bonds is 9. The molecule has 1 unspecified atom stereocenters. The van der Waals surface area contributed by atoms with Gasteiger partial charge in [0.05, 0.1) is 5.92 Å². The lowest BCUT2D eigenvalue weighted by Crippen LogP contribution is -2.35. The van der Waals surface area contributed by atoms with Crippen molar-refractivity contribution in [3.05, 3.63) is 71.6 Å². The van der Waals surface area contributed by atoms with E-state index in [0.717, 1.165) is 17.0 Å². The summed E-state index contributed by atoms with van der Waals surface area (Å²) in [6, 6.07) is 14.0. The van der Waals surface area contributed by atoms with Crippen LogP contribution < -0.4 is 15.4 Å². The Hall–Kier alpha value is -2.82. The number of anilines is 1. The number of benzene rings is 2. The fraction of sp³-hybridized carbons (Fsp3) is 0.318. The van der Waals surface area contributed by atoms with Crippen molar-refractivity contribution in [3.63, 3.8) is 0 Å². The summed E-state index contributed by atoms with van der Waals surface area (Å²) in [4.78, 5) is 13.6. The van der Waals surface area contributed by atoms with Gasteiger partial charge in [-0.25, -0.2) is 4.39 Å². The van der Waals surface area contributed by atoms with Crippen LogP contribution in [0.25, 0.3) is 0 Å². The summed E-state index contributed by atoms with van der Waals surface area (Å²) >= 11 is 0. The normalized spacial score (nSPS) is 11.6. The second kappa shape index (κ2) is 9.76. The van der Waals surface area contributed by atoms with E-state index in [4.69, 9.17) is 10.5 Å². The summed E-state index contributed by atoms with van der Waals surface area (Å²) in [5, 5.41) is 0. The molecule has 0 aromatic heterocycles. The van der Waals surface area contributed by atoms with E-state index >= 15 is 0 Å². The molecule has 2 aromatic rings. The van der Waals surface area contributed by atoms with Crippen LogP contribution in [0, 0.1) is 11.7 Å². The lowest BCUT2D eigenvalue weighted by Gasteiger charge is -2.26. The minimum atomic E-state index is -0.309. The second-order valence-electron chi connectivity index (χ2n) is 6.90. The number of amides is 1. The van der Waals surface area contributed by atoms with Crippen LogP contribution >= 0.6 is 0 Å². The van der Waals surface area contributed by atoms with Crippen molar-refractivity contribution in [2.45, 2.75) is 27.4 Å². The SMILES string of the molecule is CC(C)=CCN(CC(C)C(N)=O)c1ccc(OCc2ccc(F)cc2)cc1. The van der Waals surface area contributed by atoms with Crippen LogP contribution in [-0.2, 0) is 11.4 Å². The first-order valence-electron chi connectivity index (χ1n) is 9.00. The maximum absolute atomic E-state index is 12.9. The number of allylic oxidation sites excluding steroid dienone is 1. The number of carbonyl (C=O) groups is 1. The molecule has 0 fully saturated rings. The molecule has 4 nitrogen and oxygen atoms in total. The van der Waals surface area contributed by atoms with Gasteiger partial charge in [-0.3, -0.25) is 4.79 Å². The van der Waals surface area contributed by atoms with E-state index in [1.54, 1.807) is 12.1 Å². The first-order valence-corrected chi connectivity index (χ1v) is 9.00. The zero-order valence-electron chi connectivity index (χ0n) is 16.1. The molecular weight excluding hydrogens is 343 g/mol. The largest absolute Gasteiger partial charge is 0.489 e. The minimum Gasteiger partial charge on any atom is -0.489 e. The first kappa shape index (κ1) is 20.5. The third-order valence-electron chi connectivity index (χ3n) is 4.22. The van der Waals surface area contributed by atoms with E-state index < -0.39 is 0 Å². The third-order valence-corrected chi connectivity index (χ3v) is 4.22. The van der Waals surface area contributed by atoms with Gasteiger partial charge in [-0.15, -0.1) is 0 Å². The van der Waals surface area contributed by atoms with Crippen molar-refractivity contribution in [2.75, 3.05) is 18.0 Å². The number of nitrogens with two attached hydrogens (primary N) is 1. The molecule has 0 aliphatic heterocycles. The summed E-state index contributed by atoms with van der Waals surface area (Å²) in [6.45, 7) is 7.55. The molecular formula is C22H27FN2O2. The van der Waals surface area contributed by atoms with Gasteiger partial charge < -0.3 is 15.4 Å². The van der Waals surface area contributed by atoms with Gasteiger partial charge in [0.1, 0.15) is 18.2 Å². The van der Waals surface area contributed by atoms with Gasteiger partial charge in [-0.05, 0) is 55.8 Å². The molecule has 27 heavy (non-hydrogen) atoms. The zero-order valence-corrected chi connectivity index (χ0v) is 16.1. The van der Waals surface area contributed by atoms with Crippen LogP contribution in [0.2, 0.25) is 0 Å². The Kier molecular flexibility index (Phi) is 7.41. The number of primary amides is 1. The van der Waals surface area contributed by atoms with E-state index in [0.29, 0.717) is 19.7 Å². The molecule has 0 spiro atoms. The topological polar surface area (TPSA) is 55.6 Å². The quantitative estimate of drug-likeness (QED) is 0.670. The highest BCUT2D eigenvalue weighted by molar-refractivity contribution is 5.77. The van der Waals surface area contributed by atoms with Crippen molar-refractivity contribution in [1.82, 2.24) is 0 Å². The summed E-state index contributed by atoms with van der Waals surface area (Å²) in [5.74, 6) is -0.0839. The molecule has 2 N–H and O–H groups in total. The van der Waals surface area contributed by atoms with E-state index in [1.807, 2.05) is 45.0 Å². The first-order chi connectivity index (χ1) is 12.8. The van der Waals surface area contributed by atoms with Gasteiger partial charge in [0.25, 0.3) is 0 Å². The Balaban J connectivity index is 2.04. The number of carbonyl (C=O) groups excluding carboxylic acids is 1. The van der Waals surface area contributed by atoms with Crippen LogP contribution in [0.15, 0.2) is 60.2 Å². The predicted molar refractivity (Wildman–Crippen MR) is 107 cm³/mol. The number of hydrogen-bond acceptors (Lipinski definition) is 3. The molecule has 0 heterocycles. The standard InChI is InChI=1S/C22H27FN2O2/c1-16(2)12-13-25(14-17(3)22(24)26)20-8-10-21(11-9-20)27-15-18-4-6-19(23)7-5-18/h4-12,17H,13-15H2,1-3H3,(H2,24,26).